The molecule has 0 atom stereocenters. The Kier molecular flexibility index (Phi) is 4.56. The normalized spacial score (nSPS) is 11.0. The Bertz CT molecular complexity index is 1100. The van der Waals surface area contributed by atoms with Gasteiger partial charge in [0.2, 0.25) is 0 Å². The van der Waals surface area contributed by atoms with Crippen LogP contribution >= 0.6 is 38.9 Å². The van der Waals surface area contributed by atoms with Gasteiger partial charge in [0.1, 0.15) is 4.83 Å². The summed E-state index contributed by atoms with van der Waals surface area (Å²) in [5.41, 5.74) is 2.56. The molecule has 0 aliphatic rings. The molecule has 26 heavy (non-hydrogen) atoms. The number of carbonyl (C=O) groups is 1. The maximum atomic E-state index is 12.6. The summed E-state index contributed by atoms with van der Waals surface area (Å²) in [4.78, 5) is 14.2. The van der Waals surface area contributed by atoms with Crippen molar-refractivity contribution < 1.29 is 4.79 Å². The van der Waals surface area contributed by atoms with Crippen LogP contribution in [0.1, 0.15) is 15.4 Å². The second kappa shape index (κ2) is 6.87. The van der Waals surface area contributed by atoms with Gasteiger partial charge in [-0.05, 0) is 61.5 Å². The van der Waals surface area contributed by atoms with Crippen LogP contribution in [0.2, 0.25) is 5.02 Å². The number of aromatic nitrogens is 2. The molecule has 0 saturated carbocycles. The molecule has 0 unspecified atom stereocenters. The van der Waals surface area contributed by atoms with Gasteiger partial charge in [-0.1, -0.05) is 27.5 Å². The zero-order valence-corrected chi connectivity index (χ0v) is 16.8. The van der Waals surface area contributed by atoms with Crippen molar-refractivity contribution in [1.29, 1.82) is 0 Å². The van der Waals surface area contributed by atoms with Crippen molar-refractivity contribution in [1.82, 2.24) is 9.78 Å². The first-order valence-electron chi connectivity index (χ1n) is 7.83. The molecule has 4 aromatic rings. The number of aryl methyl sites for hydroxylation is 1. The van der Waals surface area contributed by atoms with Gasteiger partial charge < -0.3 is 5.32 Å². The highest BCUT2D eigenvalue weighted by molar-refractivity contribution is 9.10. The number of anilines is 1. The van der Waals surface area contributed by atoms with Gasteiger partial charge in [0, 0.05) is 20.6 Å². The second-order valence-electron chi connectivity index (χ2n) is 5.76. The first kappa shape index (κ1) is 17.3. The standard InChI is InChI=1S/C19H13BrClN3OS/c1-11-16-10-17(18(25)22-14-6-4-13(21)5-7-14)26-19(16)24(23-11)15-8-2-12(20)3-9-15/h2-10H,1H3,(H,22,25). The molecule has 0 fully saturated rings. The maximum absolute atomic E-state index is 12.6. The molecule has 0 bridgehead atoms. The zero-order valence-electron chi connectivity index (χ0n) is 13.7. The van der Waals surface area contributed by atoms with Crippen molar-refractivity contribution in [3.63, 3.8) is 0 Å². The van der Waals surface area contributed by atoms with E-state index in [-0.39, 0.29) is 5.91 Å². The van der Waals surface area contributed by atoms with Crippen molar-refractivity contribution in [3.8, 4) is 5.69 Å². The molecule has 0 saturated heterocycles. The summed E-state index contributed by atoms with van der Waals surface area (Å²) in [6.07, 6.45) is 0. The molecule has 2 aromatic carbocycles. The van der Waals surface area contributed by atoms with E-state index in [1.54, 1.807) is 24.3 Å². The predicted octanol–water partition coefficient (Wildman–Crippen LogP) is 6.06. The van der Waals surface area contributed by atoms with Crippen molar-refractivity contribution in [3.05, 3.63) is 74.7 Å². The van der Waals surface area contributed by atoms with Gasteiger partial charge in [-0.2, -0.15) is 5.10 Å². The van der Waals surface area contributed by atoms with Crippen molar-refractivity contribution in [2.24, 2.45) is 0 Å². The molecular formula is C19H13BrClN3OS. The van der Waals surface area contributed by atoms with E-state index in [1.165, 1.54) is 11.3 Å². The number of halogens is 2. The summed E-state index contributed by atoms with van der Waals surface area (Å²) in [5, 5.41) is 9.13. The molecule has 0 aliphatic heterocycles. The number of rotatable bonds is 3. The van der Waals surface area contributed by atoms with Crippen LogP contribution in [0.3, 0.4) is 0 Å². The van der Waals surface area contributed by atoms with Gasteiger partial charge >= 0.3 is 0 Å². The van der Waals surface area contributed by atoms with E-state index in [2.05, 4.69) is 26.3 Å². The first-order chi connectivity index (χ1) is 12.5. The Hall–Kier alpha value is -2.15. The Morgan fingerprint density at radius 1 is 1.15 bits per heavy atom. The topological polar surface area (TPSA) is 46.9 Å². The van der Waals surface area contributed by atoms with E-state index in [4.69, 9.17) is 11.6 Å². The van der Waals surface area contributed by atoms with Crippen molar-refractivity contribution in [2.75, 3.05) is 5.32 Å². The lowest BCUT2D eigenvalue weighted by Gasteiger charge is -2.04. The molecule has 1 amide bonds. The average molecular weight is 447 g/mol. The summed E-state index contributed by atoms with van der Waals surface area (Å²) < 4.78 is 2.89. The second-order valence-corrected chi connectivity index (χ2v) is 8.15. The highest BCUT2D eigenvalue weighted by atomic mass is 79.9. The molecule has 0 aliphatic carbocycles. The van der Waals surface area contributed by atoms with Crippen molar-refractivity contribution >= 4 is 60.7 Å². The monoisotopic (exact) mass is 445 g/mol. The lowest BCUT2D eigenvalue weighted by molar-refractivity contribution is 0.103. The third kappa shape index (κ3) is 3.28. The van der Waals surface area contributed by atoms with E-state index in [0.29, 0.717) is 15.6 Å². The Balaban J connectivity index is 1.69. The fourth-order valence-electron chi connectivity index (χ4n) is 2.64. The molecule has 2 aromatic heterocycles. The smallest absolute Gasteiger partial charge is 0.265 e. The number of carbonyl (C=O) groups excluding carboxylic acids is 1. The van der Waals surface area contributed by atoms with Gasteiger partial charge in [-0.3, -0.25) is 4.79 Å². The lowest BCUT2D eigenvalue weighted by atomic mass is 10.3. The molecule has 1 N–H and O–H groups in total. The highest BCUT2D eigenvalue weighted by Gasteiger charge is 2.17. The number of hydrogen-bond donors (Lipinski definition) is 1. The molecule has 0 spiro atoms. The molecule has 7 heteroatoms. The third-order valence-corrected chi connectivity index (χ3v) is 5.83. The van der Waals surface area contributed by atoms with Gasteiger partial charge in [0.15, 0.2) is 0 Å². The molecule has 2 heterocycles. The van der Waals surface area contributed by atoms with Crippen LogP contribution in [-0.2, 0) is 0 Å². The van der Waals surface area contributed by atoms with Crippen LogP contribution in [-0.4, -0.2) is 15.7 Å². The van der Waals surface area contributed by atoms with Crippen LogP contribution in [0, 0.1) is 6.92 Å². The molecule has 4 rings (SSSR count). The molecule has 0 radical (unpaired) electrons. The SMILES string of the molecule is Cc1nn(-c2ccc(Br)cc2)c2sc(C(=O)Nc3ccc(Cl)cc3)cc12. The Morgan fingerprint density at radius 3 is 2.54 bits per heavy atom. The van der Waals surface area contributed by atoms with Crippen LogP contribution in [0.15, 0.2) is 59.1 Å². The number of thiophene rings is 1. The van der Waals surface area contributed by atoms with E-state index in [9.17, 15) is 4.79 Å². The largest absolute Gasteiger partial charge is 0.321 e. The maximum Gasteiger partial charge on any atom is 0.265 e. The van der Waals surface area contributed by atoms with Crippen LogP contribution in [0.4, 0.5) is 5.69 Å². The van der Waals surface area contributed by atoms with E-state index < -0.39 is 0 Å². The van der Waals surface area contributed by atoms with E-state index in [0.717, 1.165) is 26.1 Å². The van der Waals surface area contributed by atoms with Gasteiger partial charge in [0.05, 0.1) is 16.3 Å². The number of fused-ring (bicyclic) bond motifs is 1. The molecule has 4 nitrogen and oxygen atoms in total. The van der Waals surface area contributed by atoms with Gasteiger partial charge in [-0.25, -0.2) is 4.68 Å². The van der Waals surface area contributed by atoms with Crippen LogP contribution in [0.5, 0.6) is 0 Å². The summed E-state index contributed by atoms with van der Waals surface area (Å²) in [7, 11) is 0. The highest BCUT2D eigenvalue weighted by Crippen LogP contribution is 2.31. The number of amides is 1. The quantitative estimate of drug-likeness (QED) is 0.415. The predicted molar refractivity (Wildman–Crippen MR) is 111 cm³/mol. The minimum absolute atomic E-state index is 0.143. The summed E-state index contributed by atoms with van der Waals surface area (Å²) in [6.45, 7) is 1.95. The Labute approximate surface area is 167 Å². The third-order valence-electron chi connectivity index (χ3n) is 3.94. The number of nitrogens with one attached hydrogen (secondary N) is 1. The van der Waals surface area contributed by atoms with Gasteiger partial charge in [0.25, 0.3) is 5.91 Å². The van der Waals surface area contributed by atoms with Crippen LogP contribution in [0.25, 0.3) is 15.9 Å². The summed E-state index contributed by atoms with van der Waals surface area (Å²) in [6, 6.07) is 16.9. The fourth-order valence-corrected chi connectivity index (χ4v) is 4.11. The number of nitrogens with zero attached hydrogens (tertiary/aromatic N) is 2. The summed E-state index contributed by atoms with van der Waals surface area (Å²) in [5.74, 6) is -0.143. The number of hydrogen-bond acceptors (Lipinski definition) is 3. The summed E-state index contributed by atoms with van der Waals surface area (Å²) >= 11 is 10.8. The van der Waals surface area contributed by atoms with Gasteiger partial charge in [-0.15, -0.1) is 11.3 Å². The fraction of sp³-hybridized carbons (Fsp3) is 0.0526. The van der Waals surface area contributed by atoms with Crippen LogP contribution < -0.4 is 5.32 Å². The number of benzene rings is 2. The average Bonchev–Trinajstić information content (AvgIpc) is 3.19. The minimum atomic E-state index is -0.143. The van der Waals surface area contributed by atoms with E-state index in [1.807, 2.05) is 41.9 Å². The lowest BCUT2D eigenvalue weighted by Crippen LogP contribution is -2.09. The minimum Gasteiger partial charge on any atom is -0.321 e. The Morgan fingerprint density at radius 2 is 1.85 bits per heavy atom. The zero-order chi connectivity index (χ0) is 18.3. The molecular weight excluding hydrogens is 434 g/mol. The molecule has 130 valence electrons. The van der Waals surface area contributed by atoms with E-state index >= 15 is 0 Å². The van der Waals surface area contributed by atoms with Crippen molar-refractivity contribution in [2.45, 2.75) is 6.92 Å². The first-order valence-corrected chi connectivity index (χ1v) is 9.82.